The van der Waals surface area contributed by atoms with E-state index >= 15 is 0 Å². The first kappa shape index (κ1) is 18.2. The molecule has 6 heteroatoms. The second-order valence-electron chi connectivity index (χ2n) is 4.38. The van der Waals surface area contributed by atoms with Gasteiger partial charge in [0.25, 0.3) is 0 Å². The summed E-state index contributed by atoms with van der Waals surface area (Å²) in [4.78, 5) is 4.15. The smallest absolute Gasteiger partial charge is 0.388 e. The number of rotatable bonds is 3. The largest absolute Gasteiger partial charge is 0.463 e. The van der Waals surface area contributed by atoms with Crippen molar-refractivity contribution in [2.45, 2.75) is 52.3 Å². The van der Waals surface area contributed by atoms with E-state index in [1.165, 1.54) is 0 Å². The van der Waals surface area contributed by atoms with Crippen LogP contribution in [0.3, 0.4) is 0 Å². The van der Waals surface area contributed by atoms with Crippen LogP contribution >= 0.6 is 0 Å². The van der Waals surface area contributed by atoms with Crippen LogP contribution in [0, 0.1) is 0 Å². The van der Waals surface area contributed by atoms with Crippen LogP contribution in [0.4, 0.5) is 13.2 Å². The van der Waals surface area contributed by atoms with Crippen LogP contribution < -0.4 is 0 Å². The molecule has 0 unspecified atom stereocenters. The maximum Gasteiger partial charge on any atom is 0.388 e. The molecule has 0 bridgehead atoms. The van der Waals surface area contributed by atoms with Crippen LogP contribution in [0.1, 0.15) is 40.5 Å². The molecule has 0 aromatic heterocycles. The molecule has 0 heterocycles. The summed E-state index contributed by atoms with van der Waals surface area (Å²) in [5, 5.41) is 3.50. The zero-order valence-corrected chi connectivity index (χ0v) is 11.2. The SMILES string of the molecule is CCCC(=NC(C)(C)C)[N-]CC(F)(F)F.[Mn]. The Bertz CT molecular complexity index is 219. The molecular weight excluding hydrogens is 260 g/mol. The fourth-order valence-corrected chi connectivity index (χ4v) is 0.962. The second-order valence-corrected chi connectivity index (χ2v) is 4.38. The monoisotopic (exact) mass is 278 g/mol. The molecule has 0 fully saturated rings. The first-order valence-corrected chi connectivity index (χ1v) is 4.97. The van der Waals surface area contributed by atoms with Crippen LogP contribution in [-0.4, -0.2) is 24.1 Å². The van der Waals surface area contributed by atoms with E-state index in [4.69, 9.17) is 0 Å². The van der Waals surface area contributed by atoms with Crippen LogP contribution in [0.15, 0.2) is 4.99 Å². The quantitative estimate of drug-likeness (QED) is 0.425. The van der Waals surface area contributed by atoms with Crippen LogP contribution in [0.5, 0.6) is 0 Å². The Labute approximate surface area is 106 Å². The number of hydrogen-bond donors (Lipinski definition) is 0. The molecule has 16 heavy (non-hydrogen) atoms. The Balaban J connectivity index is 0. The molecule has 0 spiro atoms. The topological polar surface area (TPSA) is 26.5 Å². The molecule has 2 nitrogen and oxygen atoms in total. The number of aliphatic imine (C=N–C) groups is 1. The third-order valence-corrected chi connectivity index (χ3v) is 1.38. The zero-order valence-electron chi connectivity index (χ0n) is 10.0. The third-order valence-electron chi connectivity index (χ3n) is 1.38. The van der Waals surface area contributed by atoms with Gasteiger partial charge in [-0.05, 0) is 12.0 Å². The molecule has 97 valence electrons. The number of nitrogens with zero attached hydrogens (tertiary/aromatic N) is 2. The van der Waals surface area contributed by atoms with Crippen molar-refractivity contribution in [3.8, 4) is 0 Å². The molecule has 0 saturated carbocycles. The summed E-state index contributed by atoms with van der Waals surface area (Å²) < 4.78 is 35.8. The molecule has 0 N–H and O–H groups in total. The molecular formula is C10H18F3MnN2-. The van der Waals surface area contributed by atoms with Crippen LogP contribution in [0.25, 0.3) is 5.32 Å². The summed E-state index contributed by atoms with van der Waals surface area (Å²) >= 11 is 0. The van der Waals surface area contributed by atoms with E-state index in [2.05, 4.69) is 10.3 Å². The minimum Gasteiger partial charge on any atom is -0.463 e. The summed E-state index contributed by atoms with van der Waals surface area (Å²) in [6.07, 6.45) is -3.00. The van der Waals surface area contributed by atoms with E-state index in [0.717, 1.165) is 6.42 Å². The Morgan fingerprint density at radius 1 is 1.19 bits per heavy atom. The van der Waals surface area contributed by atoms with Gasteiger partial charge < -0.3 is 10.3 Å². The summed E-state index contributed by atoms with van der Waals surface area (Å²) in [6, 6.07) is 0. The molecule has 0 aromatic carbocycles. The van der Waals surface area contributed by atoms with Crippen molar-refractivity contribution in [2.24, 2.45) is 4.99 Å². The van der Waals surface area contributed by atoms with Crippen LogP contribution in [0.2, 0.25) is 0 Å². The van der Waals surface area contributed by atoms with Gasteiger partial charge in [0, 0.05) is 23.6 Å². The first-order valence-electron chi connectivity index (χ1n) is 4.97. The van der Waals surface area contributed by atoms with Crippen molar-refractivity contribution in [1.29, 1.82) is 0 Å². The first-order chi connectivity index (χ1) is 6.64. The normalized spacial score (nSPS) is 13.3. The van der Waals surface area contributed by atoms with E-state index in [-0.39, 0.29) is 22.6 Å². The van der Waals surface area contributed by atoms with Crippen molar-refractivity contribution in [2.75, 3.05) is 6.54 Å². The minimum atomic E-state index is -4.24. The van der Waals surface area contributed by atoms with E-state index in [9.17, 15) is 13.2 Å². The standard InChI is InChI=1S/C10H18F3N2.Mn/c1-5-6-8(15-9(2,3)4)14-7-10(11,12)13;/h5-7H2,1-4H3;/q-1;. The minimum absolute atomic E-state index is 0. The van der Waals surface area contributed by atoms with Crippen LogP contribution in [-0.2, 0) is 17.1 Å². The van der Waals surface area contributed by atoms with Crippen molar-refractivity contribution >= 4 is 5.84 Å². The molecule has 0 aromatic rings. The molecule has 0 aliphatic carbocycles. The molecule has 0 aliphatic heterocycles. The van der Waals surface area contributed by atoms with Crippen molar-refractivity contribution in [3.63, 3.8) is 0 Å². The van der Waals surface area contributed by atoms with Gasteiger partial charge in [-0.25, -0.2) is 0 Å². The summed E-state index contributed by atoms with van der Waals surface area (Å²) in [5.74, 6) is 0.308. The maximum atomic E-state index is 11.9. The maximum absolute atomic E-state index is 11.9. The van der Waals surface area contributed by atoms with Crippen molar-refractivity contribution in [3.05, 3.63) is 5.32 Å². The average Bonchev–Trinajstić information content (AvgIpc) is 1.96. The molecule has 0 saturated heterocycles. The fourth-order valence-electron chi connectivity index (χ4n) is 0.962. The van der Waals surface area contributed by atoms with Crippen molar-refractivity contribution < 1.29 is 30.2 Å². The predicted molar refractivity (Wildman–Crippen MR) is 56.4 cm³/mol. The third kappa shape index (κ3) is 11.9. The Morgan fingerprint density at radius 3 is 2.00 bits per heavy atom. The number of halogens is 3. The van der Waals surface area contributed by atoms with Gasteiger partial charge in [0.2, 0.25) is 0 Å². The second kappa shape index (κ2) is 7.17. The Kier molecular flexibility index (Phi) is 8.14. The number of amidine groups is 1. The molecule has 0 amide bonds. The van der Waals surface area contributed by atoms with Gasteiger partial charge in [-0.15, -0.1) is 0 Å². The van der Waals surface area contributed by atoms with Crippen molar-refractivity contribution in [1.82, 2.24) is 0 Å². The summed E-state index contributed by atoms with van der Waals surface area (Å²) in [6.45, 7) is 6.27. The zero-order chi connectivity index (χ0) is 12.1. The summed E-state index contributed by atoms with van der Waals surface area (Å²) in [7, 11) is 0. The molecule has 0 aliphatic rings. The molecule has 1 radical (unpaired) electrons. The van der Waals surface area contributed by atoms with Gasteiger partial charge in [0.1, 0.15) is 0 Å². The van der Waals surface area contributed by atoms with Gasteiger partial charge >= 0.3 is 6.18 Å². The average molecular weight is 278 g/mol. The predicted octanol–water partition coefficient (Wildman–Crippen LogP) is 3.92. The van der Waals surface area contributed by atoms with E-state index in [0.29, 0.717) is 12.3 Å². The van der Waals surface area contributed by atoms with Gasteiger partial charge in [-0.1, -0.05) is 40.0 Å². The van der Waals surface area contributed by atoms with Gasteiger partial charge in [-0.3, -0.25) is 0 Å². The van der Waals surface area contributed by atoms with Gasteiger partial charge in [0.05, 0.1) is 0 Å². The molecule has 0 atom stereocenters. The number of hydrogen-bond acceptors (Lipinski definition) is 1. The Hall–Kier alpha value is -0.221. The van der Waals surface area contributed by atoms with E-state index in [1.54, 1.807) is 0 Å². The summed E-state index contributed by atoms with van der Waals surface area (Å²) in [5.41, 5.74) is -0.375. The van der Waals surface area contributed by atoms with Gasteiger partial charge in [0.15, 0.2) is 0 Å². The van der Waals surface area contributed by atoms with Gasteiger partial charge in [-0.2, -0.15) is 13.2 Å². The van der Waals surface area contributed by atoms with E-state index < -0.39 is 12.7 Å². The van der Waals surface area contributed by atoms with E-state index in [1.807, 2.05) is 27.7 Å². The fraction of sp³-hybridized carbons (Fsp3) is 0.900. The Morgan fingerprint density at radius 2 is 1.69 bits per heavy atom. The molecule has 0 rings (SSSR count). The number of alkyl halides is 3.